The highest BCUT2D eigenvalue weighted by atomic mass is 15.3. The maximum atomic E-state index is 8.41. The Bertz CT molecular complexity index is 915. The number of azide groups is 1. The van der Waals surface area contributed by atoms with E-state index in [-0.39, 0.29) is 0 Å². The monoisotopic (exact) mass is 360 g/mol. The second-order valence-electron chi connectivity index (χ2n) is 6.73. The molecule has 1 heterocycles. The lowest BCUT2D eigenvalue weighted by molar-refractivity contribution is 0.269. The highest BCUT2D eigenvalue weighted by molar-refractivity contribution is 5.87. The van der Waals surface area contributed by atoms with E-state index < -0.39 is 0 Å². The first-order valence-electron chi connectivity index (χ1n) is 9.11. The van der Waals surface area contributed by atoms with Crippen LogP contribution in [-0.2, 0) is 0 Å². The highest BCUT2D eigenvalue weighted by Crippen LogP contribution is 2.21. The van der Waals surface area contributed by atoms with Gasteiger partial charge in [-0.3, -0.25) is 0 Å². The van der Waals surface area contributed by atoms with Gasteiger partial charge in [0.25, 0.3) is 0 Å². The molecule has 138 valence electrons. The number of aliphatic imine (C=N–C) groups is 1. The first-order valence-corrected chi connectivity index (χ1v) is 9.11. The zero-order valence-corrected chi connectivity index (χ0v) is 15.3. The van der Waals surface area contributed by atoms with Crippen molar-refractivity contribution in [3.05, 3.63) is 77.3 Å². The fourth-order valence-corrected chi connectivity index (χ4v) is 3.27. The number of nitrogens with two attached hydrogens (primary N) is 1. The molecular weight excluding hydrogens is 336 g/mol. The molecule has 3 rings (SSSR count). The molecule has 0 spiro atoms. The number of guanidine groups is 1. The fourth-order valence-electron chi connectivity index (χ4n) is 3.27. The summed E-state index contributed by atoms with van der Waals surface area (Å²) in [6, 6.07) is 14.6. The first kappa shape index (κ1) is 18.5. The molecule has 0 atom stereocenters. The number of hydrogen-bond donors (Lipinski definition) is 1. The van der Waals surface area contributed by atoms with Crippen LogP contribution in [0, 0.1) is 5.92 Å². The van der Waals surface area contributed by atoms with Crippen molar-refractivity contribution in [2.45, 2.75) is 12.8 Å². The molecule has 2 N–H and O–H groups in total. The molecule has 1 saturated heterocycles. The Labute approximate surface area is 159 Å². The lowest BCUT2D eigenvalue weighted by Gasteiger charge is -2.31. The van der Waals surface area contributed by atoms with Gasteiger partial charge in [0.2, 0.25) is 0 Å². The molecule has 2 aromatic carbocycles. The summed E-state index contributed by atoms with van der Waals surface area (Å²) in [4.78, 5) is 9.25. The van der Waals surface area contributed by atoms with Gasteiger partial charge in [-0.15, -0.1) is 0 Å². The van der Waals surface area contributed by atoms with Crippen molar-refractivity contribution >= 4 is 22.3 Å². The van der Waals surface area contributed by atoms with Gasteiger partial charge in [0.15, 0.2) is 5.96 Å². The minimum Gasteiger partial charge on any atom is -0.370 e. The normalized spacial score (nSPS) is 15.9. The Balaban J connectivity index is 1.58. The smallest absolute Gasteiger partial charge is 0.195 e. The van der Waals surface area contributed by atoms with Gasteiger partial charge < -0.3 is 10.6 Å². The molecule has 0 radical (unpaired) electrons. The zero-order valence-electron chi connectivity index (χ0n) is 15.3. The third-order valence-corrected chi connectivity index (χ3v) is 4.94. The Kier molecular flexibility index (Phi) is 6.13. The van der Waals surface area contributed by atoms with Crippen LogP contribution in [-0.4, -0.2) is 30.5 Å². The topological polar surface area (TPSA) is 90.4 Å². The van der Waals surface area contributed by atoms with Gasteiger partial charge in [0, 0.05) is 30.7 Å². The van der Waals surface area contributed by atoms with E-state index >= 15 is 0 Å². The molecular formula is C21H24N6. The lowest BCUT2D eigenvalue weighted by Crippen LogP contribution is -2.43. The van der Waals surface area contributed by atoms with E-state index in [1.54, 1.807) is 6.20 Å². The SMILES string of the molecule is C=C(/C=C\N=C(/N)N1CCC(CN=[N+]=[N-])CC1)c1ccc2ccccc2c1. The number of fused-ring (bicyclic) bond motifs is 1. The van der Waals surface area contributed by atoms with Gasteiger partial charge in [-0.2, -0.15) is 0 Å². The van der Waals surface area contributed by atoms with Gasteiger partial charge in [-0.25, -0.2) is 4.99 Å². The van der Waals surface area contributed by atoms with Crippen molar-refractivity contribution < 1.29 is 0 Å². The summed E-state index contributed by atoms with van der Waals surface area (Å²) in [5, 5.41) is 6.06. The zero-order chi connectivity index (χ0) is 19.1. The van der Waals surface area contributed by atoms with Crippen LogP contribution in [0.4, 0.5) is 0 Å². The number of piperidine rings is 1. The number of hydrogen-bond acceptors (Lipinski definition) is 2. The van der Waals surface area contributed by atoms with E-state index in [2.05, 4.69) is 56.8 Å². The average molecular weight is 360 g/mol. The molecule has 0 unspecified atom stereocenters. The minimum atomic E-state index is 0.438. The summed E-state index contributed by atoms with van der Waals surface area (Å²) in [7, 11) is 0. The molecule has 1 fully saturated rings. The summed E-state index contributed by atoms with van der Waals surface area (Å²) in [6.07, 6.45) is 5.51. The van der Waals surface area contributed by atoms with E-state index in [4.69, 9.17) is 11.3 Å². The van der Waals surface area contributed by atoms with Crippen LogP contribution in [0.1, 0.15) is 18.4 Å². The van der Waals surface area contributed by atoms with Crippen molar-refractivity contribution in [2.24, 2.45) is 21.8 Å². The van der Waals surface area contributed by atoms with E-state index in [0.29, 0.717) is 18.4 Å². The number of benzene rings is 2. The minimum absolute atomic E-state index is 0.438. The third-order valence-electron chi connectivity index (χ3n) is 4.94. The third kappa shape index (κ3) is 4.90. The summed E-state index contributed by atoms with van der Waals surface area (Å²) >= 11 is 0. The lowest BCUT2D eigenvalue weighted by atomic mass is 9.97. The second kappa shape index (κ2) is 8.92. The number of allylic oxidation sites excluding steroid dienone is 2. The number of likely N-dealkylation sites (tertiary alicyclic amines) is 1. The van der Waals surface area contributed by atoms with Crippen LogP contribution >= 0.6 is 0 Å². The maximum Gasteiger partial charge on any atom is 0.195 e. The Hall–Kier alpha value is -3.24. The van der Waals surface area contributed by atoms with E-state index in [9.17, 15) is 0 Å². The quantitative estimate of drug-likeness (QED) is 0.209. The molecule has 6 heteroatoms. The molecule has 0 saturated carbocycles. The van der Waals surface area contributed by atoms with E-state index in [1.165, 1.54) is 10.8 Å². The van der Waals surface area contributed by atoms with Crippen LogP contribution in [0.15, 0.2) is 71.4 Å². The van der Waals surface area contributed by atoms with Crippen molar-refractivity contribution in [3.8, 4) is 0 Å². The number of rotatable bonds is 5. The van der Waals surface area contributed by atoms with Gasteiger partial charge in [0.05, 0.1) is 0 Å². The van der Waals surface area contributed by atoms with Crippen molar-refractivity contribution in [1.82, 2.24) is 4.90 Å². The molecule has 1 aliphatic heterocycles. The summed E-state index contributed by atoms with van der Waals surface area (Å²) in [5.41, 5.74) is 16.5. The van der Waals surface area contributed by atoms with Crippen LogP contribution in [0.25, 0.3) is 26.8 Å². The van der Waals surface area contributed by atoms with E-state index in [0.717, 1.165) is 37.1 Å². The number of nitrogens with zero attached hydrogens (tertiary/aromatic N) is 5. The van der Waals surface area contributed by atoms with E-state index in [1.807, 2.05) is 18.2 Å². The van der Waals surface area contributed by atoms with Crippen LogP contribution in [0.3, 0.4) is 0 Å². The fraction of sp³-hybridized carbons (Fsp3) is 0.286. The van der Waals surface area contributed by atoms with Crippen LogP contribution in [0.2, 0.25) is 0 Å². The molecule has 0 amide bonds. The largest absolute Gasteiger partial charge is 0.370 e. The maximum absolute atomic E-state index is 8.41. The first-order chi connectivity index (χ1) is 13.2. The molecule has 1 aliphatic rings. The van der Waals surface area contributed by atoms with Crippen LogP contribution in [0.5, 0.6) is 0 Å². The second-order valence-corrected chi connectivity index (χ2v) is 6.73. The summed E-state index contributed by atoms with van der Waals surface area (Å²) in [5.74, 6) is 0.952. The predicted molar refractivity (Wildman–Crippen MR) is 112 cm³/mol. The Morgan fingerprint density at radius 2 is 1.96 bits per heavy atom. The molecule has 6 nitrogen and oxygen atoms in total. The summed E-state index contributed by atoms with van der Waals surface area (Å²) < 4.78 is 0. The van der Waals surface area contributed by atoms with Crippen molar-refractivity contribution in [1.29, 1.82) is 0 Å². The van der Waals surface area contributed by atoms with Gasteiger partial charge in [-0.1, -0.05) is 48.1 Å². The molecule has 0 aromatic heterocycles. The summed E-state index contributed by atoms with van der Waals surface area (Å²) in [6.45, 7) is 6.36. The Morgan fingerprint density at radius 1 is 1.22 bits per heavy atom. The standard InChI is InChI=1S/C21H24N6/c1-16(19-7-6-18-4-2-3-5-20(18)14-19)8-11-24-21(22)27-12-9-17(10-13-27)15-25-26-23/h2-8,11,14,17H,1,9-10,12-13,15H2,(H2,22,24)/b11-8-. The predicted octanol–water partition coefficient (Wildman–Crippen LogP) is 4.70. The van der Waals surface area contributed by atoms with Gasteiger partial charge >= 0.3 is 0 Å². The molecule has 27 heavy (non-hydrogen) atoms. The highest BCUT2D eigenvalue weighted by Gasteiger charge is 2.19. The Morgan fingerprint density at radius 3 is 2.70 bits per heavy atom. The van der Waals surface area contributed by atoms with Gasteiger partial charge in [-0.05, 0) is 58.3 Å². The molecule has 2 aromatic rings. The van der Waals surface area contributed by atoms with Crippen molar-refractivity contribution in [3.63, 3.8) is 0 Å². The average Bonchev–Trinajstić information content (AvgIpc) is 2.72. The van der Waals surface area contributed by atoms with Crippen molar-refractivity contribution in [2.75, 3.05) is 19.6 Å². The van der Waals surface area contributed by atoms with Gasteiger partial charge in [0.1, 0.15) is 0 Å². The van der Waals surface area contributed by atoms with Crippen LogP contribution < -0.4 is 5.73 Å². The molecule has 0 aliphatic carbocycles. The molecule has 0 bridgehead atoms.